The van der Waals surface area contributed by atoms with Crippen LogP contribution in [0.15, 0.2) is 29.2 Å². The Morgan fingerprint density at radius 2 is 2.06 bits per heavy atom. The number of benzene rings is 1. The predicted molar refractivity (Wildman–Crippen MR) is 62.5 cm³/mol. The van der Waals surface area contributed by atoms with E-state index in [1.165, 1.54) is 0 Å². The summed E-state index contributed by atoms with van der Waals surface area (Å²) in [6, 6.07) is 7.25. The number of hydrogen-bond donors (Lipinski definition) is 0. The van der Waals surface area contributed by atoms with E-state index in [0.29, 0.717) is 5.75 Å². The highest BCUT2D eigenvalue weighted by molar-refractivity contribution is 7.98. The number of carbonyl (C=O) groups is 1. The van der Waals surface area contributed by atoms with Gasteiger partial charge in [-0.1, -0.05) is 5.92 Å². The van der Waals surface area contributed by atoms with Crippen LogP contribution in [0.4, 0.5) is 8.78 Å². The summed E-state index contributed by atoms with van der Waals surface area (Å²) in [7, 11) is 0. The van der Waals surface area contributed by atoms with Crippen LogP contribution in [0.5, 0.6) is 5.75 Å². The van der Waals surface area contributed by atoms with E-state index < -0.39 is 12.2 Å². The lowest BCUT2D eigenvalue weighted by atomic mass is 10.3. The van der Waals surface area contributed by atoms with Gasteiger partial charge in [-0.15, -0.1) is 11.8 Å². The third-order valence-electron chi connectivity index (χ3n) is 1.78. The van der Waals surface area contributed by atoms with Gasteiger partial charge in [-0.3, -0.25) is 4.79 Å². The van der Waals surface area contributed by atoms with Crippen molar-refractivity contribution in [2.45, 2.75) is 11.3 Å². The molecule has 0 aliphatic heterocycles. The van der Waals surface area contributed by atoms with Gasteiger partial charge in [-0.25, -0.2) is 8.78 Å². The first-order valence-corrected chi connectivity index (χ1v) is 5.93. The Morgan fingerprint density at radius 1 is 1.41 bits per heavy atom. The van der Waals surface area contributed by atoms with Crippen LogP contribution in [0, 0.1) is 11.8 Å². The monoisotopic (exact) mass is 256 g/mol. The molecule has 90 valence electrons. The van der Waals surface area contributed by atoms with Crippen molar-refractivity contribution in [2.24, 2.45) is 0 Å². The first-order chi connectivity index (χ1) is 8.13. The molecular weight excluding hydrogens is 246 g/mol. The summed E-state index contributed by atoms with van der Waals surface area (Å²) in [6.07, 6.45) is -1.08. The van der Waals surface area contributed by atoms with Gasteiger partial charge in [0.05, 0.1) is 0 Å². The molecule has 0 atom stereocenters. The maximum atomic E-state index is 11.8. The van der Waals surface area contributed by atoms with Gasteiger partial charge < -0.3 is 4.74 Å². The number of rotatable bonds is 4. The Balaban J connectivity index is 2.43. The summed E-state index contributed by atoms with van der Waals surface area (Å²) in [5.41, 5.74) is 0. The standard InChI is InChI=1S/C12H10F2O2S/c1-17-10-6-4-9(5-7-10)16-8-2-3-11(15)12(13)14/h4-7,12H,8H2,1H3. The first-order valence-electron chi connectivity index (χ1n) is 4.71. The van der Waals surface area contributed by atoms with Crippen LogP contribution in [0.2, 0.25) is 0 Å². The van der Waals surface area contributed by atoms with E-state index in [4.69, 9.17) is 4.74 Å². The number of hydrogen-bond acceptors (Lipinski definition) is 3. The number of ether oxygens (including phenoxy) is 1. The van der Waals surface area contributed by atoms with E-state index in [1.807, 2.05) is 18.4 Å². The van der Waals surface area contributed by atoms with E-state index in [0.717, 1.165) is 4.90 Å². The molecule has 0 amide bonds. The molecule has 0 aliphatic rings. The van der Waals surface area contributed by atoms with E-state index in [1.54, 1.807) is 29.8 Å². The predicted octanol–water partition coefficient (Wildman–Crippen LogP) is 2.62. The lowest BCUT2D eigenvalue weighted by Gasteiger charge is -2.02. The number of thioether (sulfide) groups is 1. The van der Waals surface area contributed by atoms with E-state index in [9.17, 15) is 13.6 Å². The van der Waals surface area contributed by atoms with Crippen LogP contribution in [0.3, 0.4) is 0 Å². The van der Waals surface area contributed by atoms with Crippen molar-refractivity contribution < 1.29 is 18.3 Å². The van der Waals surface area contributed by atoms with Crippen molar-refractivity contribution >= 4 is 17.5 Å². The largest absolute Gasteiger partial charge is 0.481 e. The van der Waals surface area contributed by atoms with Crippen LogP contribution in [0.25, 0.3) is 0 Å². The minimum Gasteiger partial charge on any atom is -0.481 e. The van der Waals surface area contributed by atoms with Crippen LogP contribution < -0.4 is 4.74 Å². The molecule has 0 aromatic heterocycles. The maximum Gasteiger partial charge on any atom is 0.308 e. The quantitative estimate of drug-likeness (QED) is 0.470. The van der Waals surface area contributed by atoms with Crippen molar-refractivity contribution in [3.8, 4) is 17.6 Å². The molecule has 0 spiro atoms. The Labute approximate surface area is 102 Å². The molecule has 0 saturated heterocycles. The third kappa shape index (κ3) is 4.87. The van der Waals surface area contributed by atoms with Gasteiger partial charge in [0.15, 0.2) is 0 Å². The highest BCUT2D eigenvalue weighted by atomic mass is 32.2. The summed E-state index contributed by atoms with van der Waals surface area (Å²) in [5, 5.41) is 0. The van der Waals surface area contributed by atoms with E-state index in [2.05, 4.69) is 5.92 Å². The minimum absolute atomic E-state index is 0.0862. The highest BCUT2D eigenvalue weighted by Gasteiger charge is 2.10. The van der Waals surface area contributed by atoms with E-state index >= 15 is 0 Å². The summed E-state index contributed by atoms with van der Waals surface area (Å²) >= 11 is 1.60. The number of ketones is 1. The molecule has 2 nitrogen and oxygen atoms in total. The lowest BCUT2D eigenvalue weighted by Crippen LogP contribution is -2.06. The smallest absolute Gasteiger partial charge is 0.308 e. The summed E-state index contributed by atoms with van der Waals surface area (Å²) in [4.78, 5) is 11.5. The number of carbonyl (C=O) groups excluding carboxylic acids is 1. The molecular formula is C12H10F2O2S. The molecule has 1 aromatic rings. The van der Waals surface area contributed by atoms with E-state index in [-0.39, 0.29) is 6.61 Å². The fourth-order valence-corrected chi connectivity index (χ4v) is 1.38. The highest BCUT2D eigenvalue weighted by Crippen LogP contribution is 2.18. The Morgan fingerprint density at radius 3 is 2.59 bits per heavy atom. The maximum absolute atomic E-state index is 11.8. The second-order valence-electron chi connectivity index (χ2n) is 2.93. The van der Waals surface area contributed by atoms with Gasteiger partial charge in [0.25, 0.3) is 5.78 Å². The molecule has 0 aliphatic carbocycles. The number of halogens is 2. The Bertz CT molecular complexity index is 432. The average Bonchev–Trinajstić information content (AvgIpc) is 2.35. The second-order valence-corrected chi connectivity index (χ2v) is 3.81. The molecule has 0 bridgehead atoms. The van der Waals surface area contributed by atoms with Gasteiger partial charge in [-0.05, 0) is 36.4 Å². The average molecular weight is 256 g/mol. The van der Waals surface area contributed by atoms with Crippen LogP contribution in [-0.4, -0.2) is 25.1 Å². The first kappa shape index (κ1) is 13.5. The van der Waals surface area contributed by atoms with Gasteiger partial charge in [0, 0.05) is 4.90 Å². The zero-order valence-corrected chi connectivity index (χ0v) is 9.89. The van der Waals surface area contributed by atoms with Crippen molar-refractivity contribution in [1.29, 1.82) is 0 Å². The third-order valence-corrected chi connectivity index (χ3v) is 2.52. The molecule has 0 unspecified atom stereocenters. The van der Waals surface area contributed by atoms with Crippen molar-refractivity contribution in [3.63, 3.8) is 0 Å². The fourth-order valence-electron chi connectivity index (χ4n) is 0.969. The van der Waals surface area contributed by atoms with Gasteiger partial charge >= 0.3 is 6.43 Å². The van der Waals surface area contributed by atoms with Crippen molar-refractivity contribution in [3.05, 3.63) is 24.3 Å². The molecule has 0 heterocycles. The van der Waals surface area contributed by atoms with Gasteiger partial charge in [0.1, 0.15) is 12.4 Å². The molecule has 0 radical (unpaired) electrons. The molecule has 0 fully saturated rings. The number of alkyl halides is 2. The van der Waals surface area contributed by atoms with Gasteiger partial charge in [-0.2, -0.15) is 0 Å². The summed E-state index contributed by atoms with van der Waals surface area (Å²) in [6.45, 7) is -0.0862. The van der Waals surface area contributed by atoms with Crippen LogP contribution in [-0.2, 0) is 4.79 Å². The molecule has 0 saturated carbocycles. The molecule has 17 heavy (non-hydrogen) atoms. The Hall–Kier alpha value is -1.54. The van der Waals surface area contributed by atoms with Crippen LogP contribution in [0.1, 0.15) is 0 Å². The zero-order chi connectivity index (χ0) is 12.7. The molecule has 1 rings (SSSR count). The minimum atomic E-state index is -3.04. The van der Waals surface area contributed by atoms with Crippen molar-refractivity contribution in [1.82, 2.24) is 0 Å². The second kappa shape index (κ2) is 6.92. The SMILES string of the molecule is CSc1ccc(OCC#CC(=O)C(F)F)cc1. The molecule has 0 N–H and O–H groups in total. The summed E-state index contributed by atoms with van der Waals surface area (Å²) < 4.78 is 28.7. The van der Waals surface area contributed by atoms with Crippen molar-refractivity contribution in [2.75, 3.05) is 12.9 Å². The number of Topliss-reactive ketones (excluding diaryl/α,β-unsaturated/α-hetero) is 1. The Kier molecular flexibility index (Phi) is 5.50. The normalized spacial score (nSPS) is 9.65. The molecule has 5 heteroatoms. The fraction of sp³-hybridized carbons (Fsp3) is 0.250. The van der Waals surface area contributed by atoms with Crippen LogP contribution >= 0.6 is 11.8 Å². The summed E-state index contributed by atoms with van der Waals surface area (Å²) in [5.74, 6) is 3.25. The molecule has 1 aromatic carbocycles. The topological polar surface area (TPSA) is 26.3 Å². The zero-order valence-electron chi connectivity index (χ0n) is 9.07. The lowest BCUT2D eigenvalue weighted by molar-refractivity contribution is -0.123. The van der Waals surface area contributed by atoms with Gasteiger partial charge in [0.2, 0.25) is 0 Å².